The van der Waals surface area contributed by atoms with Crippen molar-refractivity contribution < 1.29 is 0 Å². The second kappa shape index (κ2) is 9.42. The van der Waals surface area contributed by atoms with E-state index in [0.717, 1.165) is 13.1 Å². The summed E-state index contributed by atoms with van der Waals surface area (Å²) in [4.78, 5) is 7.14. The predicted molar refractivity (Wildman–Crippen MR) is 144 cm³/mol. The largest absolute Gasteiger partial charge is 0.305 e. The molecule has 1 heterocycles. The van der Waals surface area contributed by atoms with Crippen molar-refractivity contribution in [2.75, 3.05) is 28.2 Å². The van der Waals surface area contributed by atoms with Gasteiger partial charge in [0.25, 0.3) is 0 Å². The van der Waals surface area contributed by atoms with Crippen molar-refractivity contribution in [1.29, 1.82) is 0 Å². The highest BCUT2D eigenvalue weighted by molar-refractivity contribution is 7.99. The number of rotatable bonds is 6. The third kappa shape index (κ3) is 4.09. The van der Waals surface area contributed by atoms with E-state index in [-0.39, 0.29) is 5.41 Å². The van der Waals surface area contributed by atoms with Crippen LogP contribution in [0.2, 0.25) is 0 Å². The van der Waals surface area contributed by atoms with Gasteiger partial charge in [-0.2, -0.15) is 0 Å². The Morgan fingerprint density at radius 3 is 1.44 bits per heavy atom. The molecule has 0 spiro atoms. The molecule has 34 heavy (non-hydrogen) atoms. The average Bonchev–Trinajstić information content (AvgIpc) is 2.82. The summed E-state index contributed by atoms with van der Waals surface area (Å²) in [5.74, 6) is 0. The lowest BCUT2D eigenvalue weighted by Crippen LogP contribution is -2.34. The van der Waals surface area contributed by atoms with E-state index in [0.29, 0.717) is 0 Å². The summed E-state index contributed by atoms with van der Waals surface area (Å²) >= 11 is 1.89. The molecule has 0 saturated heterocycles. The second-order valence-electron chi connectivity index (χ2n) is 9.72. The van der Waals surface area contributed by atoms with Crippen LogP contribution in [0.4, 0.5) is 0 Å². The molecule has 1 aliphatic heterocycles. The standard InChI is InChI=1S/C31H32N2S/c1-32(2)21-23-11-9-13-25(19-23)31(26-14-10-12-24(20-26)22-33(3)4)27-15-5-7-17-29(27)34-30-18-8-6-16-28(30)31/h5-20H,21-22H2,1-4H3. The molecule has 1 aliphatic rings. The Balaban J connectivity index is 1.86. The Morgan fingerprint density at radius 2 is 1.00 bits per heavy atom. The zero-order valence-electron chi connectivity index (χ0n) is 20.5. The third-order valence-corrected chi connectivity index (χ3v) is 7.67. The van der Waals surface area contributed by atoms with E-state index in [1.54, 1.807) is 0 Å². The van der Waals surface area contributed by atoms with E-state index in [1.165, 1.54) is 43.2 Å². The first-order chi connectivity index (χ1) is 16.5. The van der Waals surface area contributed by atoms with Crippen molar-refractivity contribution in [1.82, 2.24) is 9.80 Å². The fourth-order valence-corrected chi connectivity index (χ4v) is 6.51. The van der Waals surface area contributed by atoms with Gasteiger partial charge in [0.15, 0.2) is 0 Å². The second-order valence-corrected chi connectivity index (χ2v) is 10.8. The summed E-state index contributed by atoms with van der Waals surface area (Å²) in [6.07, 6.45) is 0. The summed E-state index contributed by atoms with van der Waals surface area (Å²) < 4.78 is 0. The normalized spacial score (nSPS) is 14.2. The maximum Gasteiger partial charge on any atom is 0.0723 e. The van der Waals surface area contributed by atoms with Gasteiger partial charge in [-0.15, -0.1) is 0 Å². The zero-order chi connectivity index (χ0) is 23.7. The smallest absolute Gasteiger partial charge is 0.0723 e. The van der Waals surface area contributed by atoms with Gasteiger partial charge in [0, 0.05) is 22.9 Å². The highest BCUT2D eigenvalue weighted by atomic mass is 32.2. The van der Waals surface area contributed by atoms with Crippen molar-refractivity contribution in [3.8, 4) is 0 Å². The molecule has 0 aromatic heterocycles. The molecule has 0 N–H and O–H groups in total. The van der Waals surface area contributed by atoms with Crippen LogP contribution in [-0.4, -0.2) is 38.0 Å². The number of hydrogen-bond acceptors (Lipinski definition) is 3. The van der Waals surface area contributed by atoms with Crippen molar-refractivity contribution >= 4 is 11.8 Å². The van der Waals surface area contributed by atoms with Gasteiger partial charge in [0.05, 0.1) is 5.41 Å². The lowest BCUT2D eigenvalue weighted by Gasteiger charge is -2.42. The SMILES string of the molecule is CN(C)Cc1cccc(C2(c3cccc(CN(C)C)c3)c3ccccc3Sc3ccccc32)c1. The number of fused-ring (bicyclic) bond motifs is 2. The Labute approximate surface area is 208 Å². The summed E-state index contributed by atoms with van der Waals surface area (Å²) in [5, 5.41) is 0. The molecule has 0 bridgehead atoms. The van der Waals surface area contributed by atoms with Gasteiger partial charge in [0.2, 0.25) is 0 Å². The van der Waals surface area contributed by atoms with Gasteiger partial charge in [0.1, 0.15) is 0 Å². The fourth-order valence-electron chi connectivity index (χ4n) is 5.32. The molecule has 3 heteroatoms. The van der Waals surface area contributed by atoms with Crippen LogP contribution in [0.1, 0.15) is 33.4 Å². The Hall–Kier alpha value is -2.85. The molecule has 0 atom stereocenters. The quantitative estimate of drug-likeness (QED) is 0.277. The van der Waals surface area contributed by atoms with Gasteiger partial charge in [-0.05, 0) is 73.7 Å². The average molecular weight is 465 g/mol. The number of hydrogen-bond donors (Lipinski definition) is 0. The molecule has 2 nitrogen and oxygen atoms in total. The summed E-state index contributed by atoms with van der Waals surface area (Å²) in [7, 11) is 8.54. The van der Waals surface area contributed by atoms with Crippen LogP contribution in [0.5, 0.6) is 0 Å². The highest BCUT2D eigenvalue weighted by Crippen LogP contribution is 2.55. The van der Waals surface area contributed by atoms with E-state index >= 15 is 0 Å². The van der Waals surface area contributed by atoms with E-state index < -0.39 is 0 Å². The number of nitrogens with zero attached hydrogens (tertiary/aromatic N) is 2. The van der Waals surface area contributed by atoms with Crippen molar-refractivity contribution in [3.05, 3.63) is 130 Å². The highest BCUT2D eigenvalue weighted by Gasteiger charge is 2.44. The van der Waals surface area contributed by atoms with E-state index in [1.807, 2.05) is 11.8 Å². The van der Waals surface area contributed by atoms with Crippen LogP contribution in [0.15, 0.2) is 107 Å². The lowest BCUT2D eigenvalue weighted by atomic mass is 9.64. The van der Waals surface area contributed by atoms with Crippen molar-refractivity contribution in [2.45, 2.75) is 28.3 Å². The van der Waals surface area contributed by atoms with Gasteiger partial charge in [-0.25, -0.2) is 0 Å². The summed E-state index contributed by atoms with van der Waals surface area (Å²) in [5.41, 5.74) is 7.68. The minimum Gasteiger partial charge on any atom is -0.305 e. The maximum atomic E-state index is 2.42. The van der Waals surface area contributed by atoms with Gasteiger partial charge < -0.3 is 9.80 Å². The minimum atomic E-state index is -0.372. The van der Waals surface area contributed by atoms with Crippen LogP contribution >= 0.6 is 11.8 Å². The topological polar surface area (TPSA) is 6.48 Å². The molecule has 0 aliphatic carbocycles. The van der Waals surface area contributed by atoms with Crippen molar-refractivity contribution in [2.24, 2.45) is 0 Å². The monoisotopic (exact) mass is 464 g/mol. The molecule has 172 valence electrons. The molecule has 0 amide bonds. The van der Waals surface area contributed by atoms with Crippen LogP contribution in [-0.2, 0) is 18.5 Å². The van der Waals surface area contributed by atoms with E-state index in [9.17, 15) is 0 Å². The first-order valence-electron chi connectivity index (χ1n) is 11.8. The lowest BCUT2D eigenvalue weighted by molar-refractivity contribution is 0.402. The molecule has 0 unspecified atom stereocenters. The molecule has 0 fully saturated rings. The van der Waals surface area contributed by atoms with Gasteiger partial charge in [-0.1, -0.05) is 96.7 Å². The van der Waals surface area contributed by atoms with Crippen LogP contribution < -0.4 is 0 Å². The van der Waals surface area contributed by atoms with E-state index in [4.69, 9.17) is 0 Å². The number of benzene rings is 4. The third-order valence-electron chi connectivity index (χ3n) is 6.52. The molecule has 0 saturated carbocycles. The first kappa shape index (κ1) is 22.9. The van der Waals surface area contributed by atoms with E-state index in [2.05, 4.69) is 135 Å². The minimum absolute atomic E-state index is 0.372. The Kier molecular flexibility index (Phi) is 6.35. The van der Waals surface area contributed by atoms with Gasteiger partial charge in [-0.3, -0.25) is 0 Å². The summed E-state index contributed by atoms with van der Waals surface area (Å²) in [6.45, 7) is 1.84. The van der Waals surface area contributed by atoms with Crippen LogP contribution in [0.3, 0.4) is 0 Å². The van der Waals surface area contributed by atoms with Gasteiger partial charge >= 0.3 is 0 Å². The predicted octanol–water partition coefficient (Wildman–Crippen LogP) is 6.66. The summed E-state index contributed by atoms with van der Waals surface area (Å²) in [6, 6.07) is 36.3. The van der Waals surface area contributed by atoms with Crippen LogP contribution in [0.25, 0.3) is 0 Å². The molecule has 4 aromatic carbocycles. The Morgan fingerprint density at radius 1 is 0.559 bits per heavy atom. The molecule has 4 aromatic rings. The van der Waals surface area contributed by atoms with Crippen molar-refractivity contribution in [3.63, 3.8) is 0 Å². The molecule has 5 rings (SSSR count). The molecular formula is C31H32N2S. The first-order valence-corrected chi connectivity index (χ1v) is 12.7. The maximum absolute atomic E-state index is 2.42. The Bertz CT molecular complexity index is 1210. The zero-order valence-corrected chi connectivity index (χ0v) is 21.3. The molecular weight excluding hydrogens is 432 g/mol. The van der Waals surface area contributed by atoms with Crippen LogP contribution in [0, 0.1) is 0 Å². The fraction of sp³-hybridized carbons (Fsp3) is 0.226. The molecule has 0 radical (unpaired) electrons.